The maximum Gasteiger partial charge on any atom is 0.250 e. The van der Waals surface area contributed by atoms with Crippen LogP contribution in [0.3, 0.4) is 0 Å². The summed E-state index contributed by atoms with van der Waals surface area (Å²) < 4.78 is 11.9. The molecule has 0 aliphatic heterocycles. The van der Waals surface area contributed by atoms with Crippen LogP contribution in [0.2, 0.25) is 0 Å². The molecular weight excluding hydrogens is 328 g/mol. The zero-order chi connectivity index (χ0) is 18.4. The van der Waals surface area contributed by atoms with E-state index >= 15 is 0 Å². The maximum atomic E-state index is 13.1. The average molecular weight is 348 g/mol. The van der Waals surface area contributed by atoms with Gasteiger partial charge < -0.3 is 9.47 Å². The second kappa shape index (κ2) is 6.09. The number of ketones is 1. The quantitative estimate of drug-likeness (QED) is 0.650. The highest BCUT2D eigenvalue weighted by atomic mass is 16.5. The zero-order valence-corrected chi connectivity index (χ0v) is 15.2. The molecule has 0 fully saturated rings. The molecule has 5 heteroatoms. The van der Waals surface area contributed by atoms with E-state index in [2.05, 4.69) is 4.98 Å². The number of benzene rings is 1. The van der Waals surface area contributed by atoms with Crippen LogP contribution in [0.4, 0.5) is 0 Å². The standard InChI is InChI=1S/C21H20N2O3/c1-11(2)25-20-18-16-14(13-7-5-6-8-15(13)23-18)9-10-22-17(16)19(24)21(20)26-12(3)4/h5-12H,1-4H3. The Morgan fingerprint density at radius 3 is 2.27 bits per heavy atom. The molecule has 0 saturated heterocycles. The van der Waals surface area contributed by atoms with Gasteiger partial charge in [-0.1, -0.05) is 18.2 Å². The van der Waals surface area contributed by atoms with Crippen molar-refractivity contribution in [2.75, 3.05) is 0 Å². The lowest BCUT2D eigenvalue weighted by Gasteiger charge is -2.25. The predicted octanol–water partition coefficient (Wildman–Crippen LogP) is 4.50. The van der Waals surface area contributed by atoms with Crippen molar-refractivity contribution in [1.82, 2.24) is 9.97 Å². The molecule has 0 bridgehead atoms. The van der Waals surface area contributed by atoms with Crippen LogP contribution in [-0.2, 0) is 9.47 Å². The number of rotatable bonds is 4. The molecular formula is C21H20N2O3. The fourth-order valence-electron chi connectivity index (χ4n) is 3.24. The summed E-state index contributed by atoms with van der Waals surface area (Å²) in [4.78, 5) is 22.3. The predicted molar refractivity (Wildman–Crippen MR) is 101 cm³/mol. The van der Waals surface area contributed by atoms with E-state index in [9.17, 15) is 4.79 Å². The van der Waals surface area contributed by atoms with Gasteiger partial charge in [-0.15, -0.1) is 0 Å². The topological polar surface area (TPSA) is 61.3 Å². The molecule has 1 aromatic carbocycles. The molecule has 0 atom stereocenters. The molecule has 1 aliphatic rings. The van der Waals surface area contributed by atoms with Gasteiger partial charge in [0.05, 0.1) is 17.7 Å². The van der Waals surface area contributed by atoms with Crippen LogP contribution in [0.25, 0.3) is 27.4 Å². The molecule has 3 aromatic rings. The molecule has 132 valence electrons. The number of carbonyl (C=O) groups is 1. The van der Waals surface area contributed by atoms with Crippen LogP contribution >= 0.6 is 0 Å². The normalized spacial score (nSPS) is 14.0. The van der Waals surface area contributed by atoms with Crippen molar-refractivity contribution in [3.8, 4) is 0 Å². The van der Waals surface area contributed by atoms with Gasteiger partial charge in [-0.2, -0.15) is 0 Å². The van der Waals surface area contributed by atoms with Crippen molar-refractivity contribution < 1.29 is 14.3 Å². The van der Waals surface area contributed by atoms with Crippen molar-refractivity contribution in [2.45, 2.75) is 39.9 Å². The number of para-hydroxylation sites is 1. The van der Waals surface area contributed by atoms with Gasteiger partial charge in [-0.3, -0.25) is 9.78 Å². The van der Waals surface area contributed by atoms with Crippen LogP contribution in [0.5, 0.6) is 0 Å². The van der Waals surface area contributed by atoms with E-state index in [1.807, 2.05) is 58.0 Å². The number of allylic oxidation sites excluding steroid dienone is 1. The summed E-state index contributed by atoms with van der Waals surface area (Å²) >= 11 is 0. The first kappa shape index (κ1) is 16.5. The lowest BCUT2D eigenvalue weighted by atomic mass is 9.95. The summed E-state index contributed by atoms with van der Waals surface area (Å²) in [6.45, 7) is 7.60. The van der Waals surface area contributed by atoms with Gasteiger partial charge in [-0.05, 0) is 45.2 Å². The van der Waals surface area contributed by atoms with E-state index in [0.29, 0.717) is 17.1 Å². The molecule has 0 saturated carbocycles. The Hall–Kier alpha value is -2.95. The van der Waals surface area contributed by atoms with Gasteiger partial charge in [0.25, 0.3) is 5.78 Å². The first-order chi connectivity index (χ1) is 12.5. The molecule has 0 unspecified atom stereocenters. The Labute approximate surface area is 151 Å². The highest BCUT2D eigenvalue weighted by Crippen LogP contribution is 2.39. The molecule has 0 amide bonds. The van der Waals surface area contributed by atoms with E-state index in [1.54, 1.807) is 6.20 Å². The number of pyridine rings is 2. The second-order valence-electron chi connectivity index (χ2n) is 6.88. The fraction of sp³-hybridized carbons (Fsp3) is 0.286. The van der Waals surface area contributed by atoms with Crippen LogP contribution in [0, 0.1) is 0 Å². The fourth-order valence-corrected chi connectivity index (χ4v) is 3.24. The molecule has 0 radical (unpaired) electrons. The van der Waals surface area contributed by atoms with Gasteiger partial charge in [-0.25, -0.2) is 4.98 Å². The summed E-state index contributed by atoms with van der Waals surface area (Å²) in [7, 11) is 0. The summed E-state index contributed by atoms with van der Waals surface area (Å²) in [6.07, 6.45) is 1.37. The molecule has 4 rings (SSSR count). The Kier molecular flexibility index (Phi) is 3.87. The number of fused-ring (bicyclic) bond motifs is 2. The zero-order valence-electron chi connectivity index (χ0n) is 15.2. The van der Waals surface area contributed by atoms with Crippen LogP contribution < -0.4 is 0 Å². The SMILES string of the molecule is CC(C)OC1=C(OC(C)C)c2nc3ccccc3c3ccnc(c23)C1=O. The third kappa shape index (κ3) is 2.51. The monoisotopic (exact) mass is 348 g/mol. The molecule has 5 nitrogen and oxygen atoms in total. The Morgan fingerprint density at radius 2 is 1.54 bits per heavy atom. The Bertz CT molecular complexity index is 1070. The minimum absolute atomic E-state index is 0.120. The summed E-state index contributed by atoms with van der Waals surface area (Å²) in [5, 5.41) is 2.65. The lowest BCUT2D eigenvalue weighted by Crippen LogP contribution is -2.22. The van der Waals surface area contributed by atoms with E-state index in [0.717, 1.165) is 21.7 Å². The van der Waals surface area contributed by atoms with Gasteiger partial charge in [0, 0.05) is 17.0 Å². The Balaban J connectivity index is 2.13. The highest BCUT2D eigenvalue weighted by molar-refractivity contribution is 6.24. The van der Waals surface area contributed by atoms with E-state index in [1.165, 1.54) is 0 Å². The second-order valence-corrected chi connectivity index (χ2v) is 6.88. The third-order valence-electron chi connectivity index (χ3n) is 4.16. The summed E-state index contributed by atoms with van der Waals surface area (Å²) in [5.41, 5.74) is 1.82. The summed E-state index contributed by atoms with van der Waals surface area (Å²) in [6, 6.07) is 9.79. The molecule has 2 aromatic heterocycles. The lowest BCUT2D eigenvalue weighted by molar-refractivity contribution is 0.0796. The molecule has 0 spiro atoms. The average Bonchev–Trinajstić information content (AvgIpc) is 2.61. The largest absolute Gasteiger partial charge is 0.485 e. The van der Waals surface area contributed by atoms with E-state index in [4.69, 9.17) is 14.5 Å². The van der Waals surface area contributed by atoms with Crippen LogP contribution in [0.1, 0.15) is 43.9 Å². The number of nitrogens with zero attached hydrogens (tertiary/aromatic N) is 2. The van der Waals surface area contributed by atoms with Crippen molar-refractivity contribution >= 4 is 33.2 Å². The molecule has 0 N–H and O–H groups in total. The highest BCUT2D eigenvalue weighted by Gasteiger charge is 2.34. The van der Waals surface area contributed by atoms with Gasteiger partial charge in [0.2, 0.25) is 5.76 Å². The van der Waals surface area contributed by atoms with Gasteiger partial charge >= 0.3 is 0 Å². The number of carbonyl (C=O) groups excluding carboxylic acids is 1. The minimum atomic E-state index is -0.260. The Morgan fingerprint density at radius 1 is 0.846 bits per heavy atom. The number of aromatic nitrogens is 2. The first-order valence-electron chi connectivity index (χ1n) is 8.77. The number of Topliss-reactive ketones (excluding diaryl/α,β-unsaturated/α-hetero) is 1. The van der Waals surface area contributed by atoms with Crippen molar-refractivity contribution in [3.63, 3.8) is 0 Å². The molecule has 1 aliphatic carbocycles. The van der Waals surface area contributed by atoms with Gasteiger partial charge in [0.1, 0.15) is 11.4 Å². The van der Waals surface area contributed by atoms with Crippen LogP contribution in [0.15, 0.2) is 42.3 Å². The van der Waals surface area contributed by atoms with Crippen molar-refractivity contribution in [3.05, 3.63) is 53.7 Å². The van der Waals surface area contributed by atoms with Crippen LogP contribution in [-0.4, -0.2) is 28.0 Å². The van der Waals surface area contributed by atoms with Gasteiger partial charge in [0.15, 0.2) is 5.76 Å². The summed E-state index contributed by atoms with van der Waals surface area (Å²) in [5.74, 6) is 0.323. The maximum absolute atomic E-state index is 13.1. The first-order valence-corrected chi connectivity index (χ1v) is 8.77. The number of ether oxygens (including phenoxy) is 2. The van der Waals surface area contributed by atoms with E-state index < -0.39 is 0 Å². The minimum Gasteiger partial charge on any atom is -0.485 e. The van der Waals surface area contributed by atoms with E-state index in [-0.39, 0.29) is 23.8 Å². The smallest absolute Gasteiger partial charge is 0.250 e. The number of hydrogen-bond acceptors (Lipinski definition) is 5. The number of hydrogen-bond donors (Lipinski definition) is 0. The third-order valence-corrected chi connectivity index (χ3v) is 4.16. The van der Waals surface area contributed by atoms with Crippen molar-refractivity contribution in [2.24, 2.45) is 0 Å². The molecule has 26 heavy (non-hydrogen) atoms. The van der Waals surface area contributed by atoms with Crippen molar-refractivity contribution in [1.29, 1.82) is 0 Å². The molecule has 2 heterocycles.